The largest absolute Gasteiger partial charge is 0.486 e. The number of aromatic nitrogens is 2. The van der Waals surface area contributed by atoms with Crippen LogP contribution in [0.4, 0.5) is 4.39 Å². The van der Waals surface area contributed by atoms with Crippen molar-refractivity contribution in [3.8, 4) is 28.5 Å². The summed E-state index contributed by atoms with van der Waals surface area (Å²) in [5, 5.41) is 0. The number of rotatable bonds is 4. The second kappa shape index (κ2) is 6.16. The summed E-state index contributed by atoms with van der Waals surface area (Å²) in [5.74, 6) is 2.23. The van der Waals surface area contributed by atoms with Crippen LogP contribution in [0.5, 0.6) is 17.2 Å². The average Bonchev–Trinajstić information content (AvgIpc) is 3.09. The van der Waals surface area contributed by atoms with Crippen molar-refractivity contribution in [3.05, 3.63) is 66.4 Å². The van der Waals surface area contributed by atoms with Crippen LogP contribution in [-0.2, 0) is 6.61 Å². The summed E-state index contributed by atoms with van der Waals surface area (Å²) >= 11 is 0. The highest BCUT2D eigenvalue weighted by Gasteiger charge is 2.14. The second-order valence-corrected chi connectivity index (χ2v) is 5.17. The predicted molar refractivity (Wildman–Crippen MR) is 84.3 cm³/mol. The van der Waals surface area contributed by atoms with Crippen molar-refractivity contribution < 1.29 is 18.6 Å². The minimum atomic E-state index is -0.302. The van der Waals surface area contributed by atoms with Gasteiger partial charge in [-0.2, -0.15) is 0 Å². The minimum absolute atomic E-state index is 0.198. The van der Waals surface area contributed by atoms with E-state index in [9.17, 15) is 4.39 Å². The van der Waals surface area contributed by atoms with Crippen molar-refractivity contribution >= 4 is 0 Å². The van der Waals surface area contributed by atoms with Crippen molar-refractivity contribution in [2.24, 2.45) is 0 Å². The van der Waals surface area contributed by atoms with E-state index < -0.39 is 0 Å². The third kappa shape index (κ3) is 2.99. The van der Waals surface area contributed by atoms with Crippen molar-refractivity contribution in [3.63, 3.8) is 0 Å². The molecule has 0 unspecified atom stereocenters. The molecule has 4 rings (SSSR count). The van der Waals surface area contributed by atoms with Crippen LogP contribution < -0.4 is 14.2 Å². The molecule has 0 bridgehead atoms. The highest BCUT2D eigenvalue weighted by molar-refractivity contribution is 5.64. The number of fused-ring (bicyclic) bond motifs is 1. The normalized spacial score (nSPS) is 12.2. The van der Waals surface area contributed by atoms with Gasteiger partial charge in [-0.3, -0.25) is 0 Å². The van der Waals surface area contributed by atoms with E-state index in [0.717, 1.165) is 17.0 Å². The number of benzene rings is 2. The quantitative estimate of drug-likeness (QED) is 0.734. The lowest BCUT2D eigenvalue weighted by atomic mass is 10.1. The first-order valence-electron chi connectivity index (χ1n) is 7.38. The van der Waals surface area contributed by atoms with E-state index in [4.69, 9.17) is 14.2 Å². The van der Waals surface area contributed by atoms with Gasteiger partial charge < -0.3 is 14.2 Å². The summed E-state index contributed by atoms with van der Waals surface area (Å²) in [6.45, 7) is 0.434. The highest BCUT2D eigenvalue weighted by atomic mass is 19.1. The van der Waals surface area contributed by atoms with Crippen LogP contribution in [0.1, 0.15) is 5.82 Å². The molecule has 0 spiro atoms. The van der Waals surface area contributed by atoms with Gasteiger partial charge >= 0.3 is 0 Å². The Morgan fingerprint density at radius 2 is 1.83 bits per heavy atom. The molecule has 0 amide bonds. The van der Waals surface area contributed by atoms with Crippen molar-refractivity contribution in [2.75, 3.05) is 6.79 Å². The molecule has 120 valence electrons. The van der Waals surface area contributed by atoms with Gasteiger partial charge in [0.2, 0.25) is 6.79 Å². The van der Waals surface area contributed by atoms with Crippen LogP contribution in [0.15, 0.2) is 54.7 Å². The standard InChI is InChI=1S/C18H13FN2O3/c19-13-2-4-14(5-3-13)22-10-18-20-8-7-15(21-18)12-1-6-16-17(9-12)24-11-23-16/h1-9H,10-11H2. The van der Waals surface area contributed by atoms with Crippen LogP contribution in [0.25, 0.3) is 11.3 Å². The third-order valence-corrected chi connectivity index (χ3v) is 3.56. The monoisotopic (exact) mass is 324 g/mol. The Hall–Kier alpha value is -3.15. The molecule has 0 aliphatic carbocycles. The van der Waals surface area contributed by atoms with E-state index >= 15 is 0 Å². The lowest BCUT2D eigenvalue weighted by molar-refractivity contribution is 0.174. The first-order valence-corrected chi connectivity index (χ1v) is 7.38. The second-order valence-electron chi connectivity index (χ2n) is 5.17. The molecule has 0 saturated heterocycles. The summed E-state index contributed by atoms with van der Waals surface area (Å²) in [5.41, 5.74) is 1.67. The Balaban J connectivity index is 1.52. The molecule has 2 heterocycles. The van der Waals surface area contributed by atoms with E-state index in [-0.39, 0.29) is 19.2 Å². The molecule has 0 saturated carbocycles. The van der Waals surface area contributed by atoms with Gasteiger partial charge in [-0.1, -0.05) is 0 Å². The Morgan fingerprint density at radius 1 is 1.00 bits per heavy atom. The Labute approximate surface area is 137 Å². The third-order valence-electron chi connectivity index (χ3n) is 3.56. The Kier molecular flexibility index (Phi) is 3.70. The zero-order valence-electron chi connectivity index (χ0n) is 12.6. The fourth-order valence-electron chi connectivity index (χ4n) is 2.36. The number of hydrogen-bond acceptors (Lipinski definition) is 5. The maximum atomic E-state index is 12.9. The molecule has 0 fully saturated rings. The number of nitrogens with zero attached hydrogens (tertiary/aromatic N) is 2. The van der Waals surface area contributed by atoms with Gasteiger partial charge in [0.15, 0.2) is 17.3 Å². The Morgan fingerprint density at radius 3 is 2.71 bits per heavy atom. The molecule has 6 heteroatoms. The molecule has 5 nitrogen and oxygen atoms in total. The highest BCUT2D eigenvalue weighted by Crippen LogP contribution is 2.35. The lowest BCUT2D eigenvalue weighted by Crippen LogP contribution is -2.02. The maximum absolute atomic E-state index is 12.9. The van der Waals surface area contributed by atoms with Crippen molar-refractivity contribution in [1.29, 1.82) is 0 Å². The van der Waals surface area contributed by atoms with Gasteiger partial charge in [0.25, 0.3) is 0 Å². The van der Waals surface area contributed by atoms with Gasteiger partial charge in [0.1, 0.15) is 18.2 Å². The fourth-order valence-corrected chi connectivity index (χ4v) is 2.36. The Bertz CT molecular complexity index is 868. The number of ether oxygens (including phenoxy) is 3. The molecule has 0 atom stereocenters. The van der Waals surface area contributed by atoms with Gasteiger partial charge in [-0.25, -0.2) is 14.4 Å². The summed E-state index contributed by atoms with van der Waals surface area (Å²) < 4.78 is 29.2. The molecule has 2 aromatic carbocycles. The molecule has 0 N–H and O–H groups in total. The molecule has 0 radical (unpaired) electrons. The molecule has 1 aliphatic rings. The smallest absolute Gasteiger partial charge is 0.231 e. The maximum Gasteiger partial charge on any atom is 0.231 e. The minimum Gasteiger partial charge on any atom is -0.486 e. The van der Waals surface area contributed by atoms with Crippen LogP contribution in [0.3, 0.4) is 0 Å². The first-order chi connectivity index (χ1) is 11.8. The summed E-state index contributed by atoms with van der Waals surface area (Å²) in [6, 6.07) is 13.3. The number of halogens is 1. The van der Waals surface area contributed by atoms with Gasteiger partial charge in [0, 0.05) is 11.8 Å². The summed E-state index contributed by atoms with van der Waals surface area (Å²) in [6.07, 6.45) is 1.68. The van der Waals surface area contributed by atoms with Crippen LogP contribution in [0.2, 0.25) is 0 Å². The average molecular weight is 324 g/mol. The van der Waals surface area contributed by atoms with Crippen LogP contribution in [0, 0.1) is 5.82 Å². The van der Waals surface area contributed by atoms with E-state index in [0.29, 0.717) is 17.3 Å². The van der Waals surface area contributed by atoms with E-state index in [1.54, 1.807) is 18.3 Å². The first kappa shape index (κ1) is 14.4. The van der Waals surface area contributed by atoms with E-state index in [1.165, 1.54) is 12.1 Å². The summed E-state index contributed by atoms with van der Waals surface area (Å²) in [4.78, 5) is 8.70. The molecular formula is C18H13FN2O3. The van der Waals surface area contributed by atoms with Gasteiger partial charge in [0.05, 0.1) is 5.69 Å². The van der Waals surface area contributed by atoms with Crippen molar-refractivity contribution in [2.45, 2.75) is 6.61 Å². The van der Waals surface area contributed by atoms with E-state index in [2.05, 4.69) is 9.97 Å². The summed E-state index contributed by atoms with van der Waals surface area (Å²) in [7, 11) is 0. The van der Waals surface area contributed by atoms with Crippen LogP contribution >= 0.6 is 0 Å². The van der Waals surface area contributed by atoms with Gasteiger partial charge in [-0.05, 0) is 48.5 Å². The van der Waals surface area contributed by atoms with E-state index in [1.807, 2.05) is 24.3 Å². The van der Waals surface area contributed by atoms with Gasteiger partial charge in [-0.15, -0.1) is 0 Å². The molecule has 1 aromatic heterocycles. The topological polar surface area (TPSA) is 53.5 Å². The molecule has 24 heavy (non-hydrogen) atoms. The zero-order valence-corrected chi connectivity index (χ0v) is 12.6. The molecular weight excluding hydrogens is 311 g/mol. The lowest BCUT2D eigenvalue weighted by Gasteiger charge is -2.07. The number of hydrogen-bond donors (Lipinski definition) is 0. The SMILES string of the molecule is Fc1ccc(OCc2nccc(-c3ccc4c(c3)OCO4)n2)cc1. The van der Waals surface area contributed by atoms with Crippen LogP contribution in [-0.4, -0.2) is 16.8 Å². The fraction of sp³-hybridized carbons (Fsp3) is 0.111. The predicted octanol–water partition coefficient (Wildman–Crippen LogP) is 3.59. The van der Waals surface area contributed by atoms with Crippen molar-refractivity contribution in [1.82, 2.24) is 9.97 Å². The zero-order chi connectivity index (χ0) is 16.4. The molecule has 3 aromatic rings. The molecule has 1 aliphatic heterocycles.